The van der Waals surface area contributed by atoms with Crippen molar-refractivity contribution in [3.63, 3.8) is 0 Å². The zero-order valence-corrected chi connectivity index (χ0v) is 13.3. The lowest BCUT2D eigenvalue weighted by molar-refractivity contribution is -0.206. The van der Waals surface area contributed by atoms with Crippen LogP contribution >= 0.6 is 0 Å². The van der Waals surface area contributed by atoms with Gasteiger partial charge in [0.15, 0.2) is 0 Å². The number of rotatable bonds is 1. The fraction of sp³-hybridized carbons (Fsp3) is 0.438. The number of amides is 1. The van der Waals surface area contributed by atoms with E-state index in [1.54, 1.807) is 0 Å². The second-order valence-corrected chi connectivity index (χ2v) is 6.12. The largest absolute Gasteiger partial charge is 0.312 e. The van der Waals surface area contributed by atoms with Crippen molar-refractivity contribution in [2.24, 2.45) is 0 Å². The molecule has 120 valence electrons. The fourth-order valence-corrected chi connectivity index (χ4v) is 3.20. The van der Waals surface area contributed by atoms with E-state index in [0.29, 0.717) is 26.2 Å². The van der Waals surface area contributed by atoms with Gasteiger partial charge in [0.25, 0.3) is 5.91 Å². The van der Waals surface area contributed by atoms with E-state index >= 15 is 0 Å². The van der Waals surface area contributed by atoms with Crippen LogP contribution in [-0.4, -0.2) is 43.7 Å². The molecule has 1 unspecified atom stereocenters. The first-order chi connectivity index (χ1) is 11.1. The number of carbonyl (C=O) groups is 1. The van der Waals surface area contributed by atoms with Gasteiger partial charge in [-0.2, -0.15) is 0 Å². The van der Waals surface area contributed by atoms with Gasteiger partial charge in [-0.15, -0.1) is 10.2 Å². The normalized spacial score (nSPS) is 21.0. The summed E-state index contributed by atoms with van der Waals surface area (Å²) in [7, 11) is 1.94. The summed E-state index contributed by atoms with van der Waals surface area (Å²) < 4.78 is 2.01. The van der Waals surface area contributed by atoms with E-state index in [4.69, 9.17) is 4.84 Å². The van der Waals surface area contributed by atoms with Gasteiger partial charge in [0.2, 0.25) is 0 Å². The molecule has 0 N–H and O–H groups in total. The Bertz CT molecular complexity index is 757. The summed E-state index contributed by atoms with van der Waals surface area (Å²) in [6.45, 7) is 4.02. The van der Waals surface area contributed by atoms with E-state index in [1.165, 1.54) is 5.06 Å². The van der Waals surface area contributed by atoms with E-state index in [1.807, 2.05) is 47.7 Å². The van der Waals surface area contributed by atoms with Crippen molar-refractivity contribution in [3.8, 4) is 0 Å². The van der Waals surface area contributed by atoms with Crippen LogP contribution in [0.4, 0.5) is 0 Å². The van der Waals surface area contributed by atoms with Crippen LogP contribution in [-0.2, 0) is 35.9 Å². The lowest BCUT2D eigenvalue weighted by atomic mass is 10.1. The quantitative estimate of drug-likeness (QED) is 0.782. The Balaban J connectivity index is 1.55. The molecule has 0 aliphatic carbocycles. The Morgan fingerprint density at radius 2 is 2.00 bits per heavy atom. The van der Waals surface area contributed by atoms with Crippen molar-refractivity contribution in [2.45, 2.75) is 39.2 Å². The van der Waals surface area contributed by atoms with E-state index in [-0.39, 0.29) is 11.9 Å². The van der Waals surface area contributed by atoms with Crippen LogP contribution in [0.2, 0.25) is 0 Å². The van der Waals surface area contributed by atoms with Crippen molar-refractivity contribution in [2.75, 3.05) is 7.05 Å². The molecule has 1 aromatic heterocycles. The minimum absolute atomic E-state index is 0.0132. The average molecular weight is 313 g/mol. The standard InChI is InChI=1S/C16H19N5O2/c1-11-17-18-15-9-19(2)14(8-20(11)15)16(22)21-7-12-5-3-4-6-13(12)10-23-21/h3-6,14H,7-10H2,1-2H3. The highest BCUT2D eigenvalue weighted by Gasteiger charge is 2.35. The summed E-state index contributed by atoms with van der Waals surface area (Å²) in [6.07, 6.45) is 0. The molecule has 2 aliphatic rings. The predicted octanol–water partition coefficient (Wildman–Crippen LogP) is 0.875. The van der Waals surface area contributed by atoms with E-state index in [9.17, 15) is 4.79 Å². The Hall–Kier alpha value is -2.25. The molecular weight excluding hydrogens is 294 g/mol. The van der Waals surface area contributed by atoms with Crippen molar-refractivity contribution in [1.82, 2.24) is 24.7 Å². The average Bonchev–Trinajstić information content (AvgIpc) is 2.93. The number of hydroxylamine groups is 2. The number of likely N-dealkylation sites (N-methyl/N-ethyl adjacent to an activating group) is 1. The van der Waals surface area contributed by atoms with E-state index < -0.39 is 0 Å². The number of carbonyl (C=O) groups excluding carboxylic acids is 1. The Morgan fingerprint density at radius 1 is 1.22 bits per heavy atom. The molecule has 1 atom stereocenters. The summed E-state index contributed by atoms with van der Waals surface area (Å²) in [5, 5.41) is 9.75. The highest BCUT2D eigenvalue weighted by atomic mass is 16.7. The lowest BCUT2D eigenvalue weighted by Gasteiger charge is -2.36. The van der Waals surface area contributed by atoms with Crippen LogP contribution in [0.15, 0.2) is 24.3 Å². The predicted molar refractivity (Wildman–Crippen MR) is 81.8 cm³/mol. The van der Waals surface area contributed by atoms with Gasteiger partial charge in [-0.05, 0) is 25.1 Å². The monoisotopic (exact) mass is 313 g/mol. The molecule has 2 aromatic rings. The van der Waals surface area contributed by atoms with Gasteiger partial charge < -0.3 is 4.57 Å². The Morgan fingerprint density at radius 3 is 2.83 bits per heavy atom. The first kappa shape index (κ1) is 14.3. The fourth-order valence-electron chi connectivity index (χ4n) is 3.20. The first-order valence-electron chi connectivity index (χ1n) is 7.73. The van der Waals surface area contributed by atoms with Gasteiger partial charge in [-0.3, -0.25) is 14.5 Å². The molecule has 0 radical (unpaired) electrons. The van der Waals surface area contributed by atoms with Crippen LogP contribution in [0.3, 0.4) is 0 Å². The topological polar surface area (TPSA) is 63.5 Å². The van der Waals surface area contributed by atoms with E-state index in [0.717, 1.165) is 22.8 Å². The maximum absolute atomic E-state index is 12.9. The molecule has 7 heteroatoms. The third-order valence-electron chi connectivity index (χ3n) is 4.63. The maximum atomic E-state index is 12.9. The summed E-state index contributed by atoms with van der Waals surface area (Å²) in [5.74, 6) is 1.73. The Labute approximate surface area is 134 Å². The molecule has 1 aromatic carbocycles. The smallest absolute Gasteiger partial charge is 0.265 e. The highest BCUT2D eigenvalue weighted by Crippen LogP contribution is 2.23. The van der Waals surface area contributed by atoms with E-state index in [2.05, 4.69) is 10.2 Å². The van der Waals surface area contributed by atoms with Gasteiger partial charge in [0.05, 0.1) is 19.6 Å². The van der Waals surface area contributed by atoms with Crippen molar-refractivity contribution in [1.29, 1.82) is 0 Å². The van der Waals surface area contributed by atoms with Gasteiger partial charge >= 0.3 is 0 Å². The van der Waals surface area contributed by atoms with Crippen LogP contribution in [0.1, 0.15) is 22.8 Å². The molecule has 4 rings (SSSR count). The maximum Gasteiger partial charge on any atom is 0.265 e. The SMILES string of the molecule is Cc1nnc2n1CC(C(=O)N1Cc3ccccc3CO1)N(C)C2. The zero-order valence-electron chi connectivity index (χ0n) is 13.3. The number of benzene rings is 1. The molecule has 3 heterocycles. The molecular formula is C16H19N5O2. The second kappa shape index (κ2) is 5.43. The van der Waals surface area contributed by atoms with Crippen LogP contribution in [0.5, 0.6) is 0 Å². The number of fused-ring (bicyclic) bond motifs is 2. The second-order valence-electron chi connectivity index (χ2n) is 6.12. The zero-order chi connectivity index (χ0) is 16.0. The minimum atomic E-state index is -0.262. The summed E-state index contributed by atoms with van der Waals surface area (Å²) in [4.78, 5) is 20.6. The molecule has 0 spiro atoms. The highest BCUT2D eigenvalue weighted by molar-refractivity contribution is 5.81. The van der Waals surface area contributed by atoms with Crippen LogP contribution in [0.25, 0.3) is 0 Å². The molecule has 0 saturated heterocycles. The Kier molecular flexibility index (Phi) is 3.39. The summed E-state index contributed by atoms with van der Waals surface area (Å²) in [6, 6.07) is 7.81. The van der Waals surface area contributed by atoms with Gasteiger partial charge in [0, 0.05) is 0 Å². The van der Waals surface area contributed by atoms with Crippen molar-refractivity contribution < 1.29 is 9.63 Å². The summed E-state index contributed by atoms with van der Waals surface area (Å²) in [5.41, 5.74) is 2.29. The molecule has 0 saturated carbocycles. The molecule has 0 bridgehead atoms. The number of aryl methyl sites for hydroxylation is 1. The first-order valence-corrected chi connectivity index (χ1v) is 7.73. The van der Waals surface area contributed by atoms with Crippen molar-refractivity contribution >= 4 is 5.91 Å². The molecule has 7 nitrogen and oxygen atoms in total. The number of aromatic nitrogens is 3. The van der Waals surface area contributed by atoms with Crippen LogP contribution < -0.4 is 0 Å². The lowest BCUT2D eigenvalue weighted by Crippen LogP contribution is -2.52. The van der Waals surface area contributed by atoms with Crippen molar-refractivity contribution in [3.05, 3.63) is 47.0 Å². The number of hydrogen-bond acceptors (Lipinski definition) is 5. The van der Waals surface area contributed by atoms with Gasteiger partial charge in [-0.1, -0.05) is 24.3 Å². The third kappa shape index (κ3) is 2.42. The van der Waals surface area contributed by atoms with Crippen LogP contribution in [0, 0.1) is 6.92 Å². The summed E-state index contributed by atoms with van der Waals surface area (Å²) >= 11 is 0. The third-order valence-corrected chi connectivity index (χ3v) is 4.63. The van der Waals surface area contributed by atoms with Gasteiger partial charge in [0.1, 0.15) is 24.3 Å². The molecule has 2 aliphatic heterocycles. The molecule has 23 heavy (non-hydrogen) atoms. The minimum Gasteiger partial charge on any atom is -0.312 e. The molecule has 1 amide bonds. The number of hydrogen-bond donors (Lipinski definition) is 0. The molecule has 0 fully saturated rings. The van der Waals surface area contributed by atoms with Gasteiger partial charge in [-0.25, -0.2) is 5.06 Å². The number of nitrogens with zero attached hydrogens (tertiary/aromatic N) is 5.